The average Bonchev–Trinajstić information content (AvgIpc) is 3.32. The molecule has 5 heteroatoms. The van der Waals surface area contributed by atoms with Gasteiger partial charge in [-0.1, -0.05) is 314 Å². The second-order valence-corrected chi connectivity index (χ2v) is 20.9. The fraction of sp³-hybridized carbons (Fsp3) is 0.918. The van der Waals surface area contributed by atoms with Gasteiger partial charge in [-0.15, -0.1) is 0 Å². The van der Waals surface area contributed by atoms with Gasteiger partial charge in [0.25, 0.3) is 0 Å². The third kappa shape index (κ3) is 50.7. The maximum absolute atomic E-state index is 12.6. The van der Waals surface area contributed by atoms with Crippen molar-refractivity contribution in [1.82, 2.24) is 5.32 Å². The fourth-order valence-corrected chi connectivity index (χ4v) is 9.60. The maximum atomic E-state index is 12.6. The van der Waals surface area contributed by atoms with Crippen LogP contribution in [0.3, 0.4) is 0 Å². The third-order valence-electron chi connectivity index (χ3n) is 14.3. The molecule has 0 aliphatic rings. The van der Waals surface area contributed by atoms with Gasteiger partial charge in [-0.25, -0.2) is 0 Å². The molecule has 3 atom stereocenters. The van der Waals surface area contributed by atoms with E-state index in [9.17, 15) is 20.1 Å². The van der Waals surface area contributed by atoms with E-state index in [-0.39, 0.29) is 6.61 Å². The summed E-state index contributed by atoms with van der Waals surface area (Å²) < 4.78 is 0. The second-order valence-electron chi connectivity index (χ2n) is 20.9. The summed E-state index contributed by atoms with van der Waals surface area (Å²) in [5, 5.41) is 33.4. The van der Waals surface area contributed by atoms with Crippen molar-refractivity contribution in [2.24, 2.45) is 0 Å². The lowest BCUT2D eigenvalue weighted by atomic mass is 10.0. The molecule has 66 heavy (non-hydrogen) atoms. The Balaban J connectivity index is 3.49. The number of allylic oxidation sites excluding steroid dienone is 3. The van der Waals surface area contributed by atoms with Crippen LogP contribution in [0.25, 0.3) is 0 Å². The van der Waals surface area contributed by atoms with E-state index < -0.39 is 24.2 Å². The monoisotopic (exact) mass is 930 g/mol. The van der Waals surface area contributed by atoms with Gasteiger partial charge in [0.1, 0.15) is 6.10 Å². The molecule has 0 aliphatic carbocycles. The largest absolute Gasteiger partial charge is 0.394 e. The van der Waals surface area contributed by atoms with Gasteiger partial charge < -0.3 is 20.6 Å². The van der Waals surface area contributed by atoms with Crippen LogP contribution in [0.15, 0.2) is 24.3 Å². The van der Waals surface area contributed by atoms with Crippen molar-refractivity contribution in [2.45, 2.75) is 353 Å². The van der Waals surface area contributed by atoms with Gasteiger partial charge in [0.05, 0.1) is 18.8 Å². The summed E-state index contributed by atoms with van der Waals surface area (Å²) in [5.41, 5.74) is 0. The molecule has 0 aromatic rings. The summed E-state index contributed by atoms with van der Waals surface area (Å²) in [5.74, 6) is -0.497. The Kier molecular flexibility index (Phi) is 55.4. The number of carbonyl (C=O) groups excluding carboxylic acids is 1. The zero-order chi connectivity index (χ0) is 47.9. The summed E-state index contributed by atoms with van der Waals surface area (Å²) in [4.78, 5) is 12.6. The molecule has 5 nitrogen and oxygen atoms in total. The van der Waals surface area contributed by atoms with Crippen LogP contribution in [0, 0.1) is 0 Å². The van der Waals surface area contributed by atoms with Crippen molar-refractivity contribution in [3.63, 3.8) is 0 Å². The van der Waals surface area contributed by atoms with Crippen molar-refractivity contribution < 1.29 is 20.1 Å². The highest BCUT2D eigenvalue weighted by Gasteiger charge is 2.22. The molecule has 0 aromatic carbocycles. The molecule has 0 rings (SSSR count). The molecule has 0 heterocycles. The Morgan fingerprint density at radius 3 is 0.879 bits per heavy atom. The fourth-order valence-electron chi connectivity index (χ4n) is 9.60. The number of hydrogen-bond acceptors (Lipinski definition) is 4. The molecule has 1 amide bonds. The Labute approximate surface area is 413 Å². The molecular weight excluding hydrogens is 811 g/mol. The average molecular weight is 931 g/mol. The van der Waals surface area contributed by atoms with Crippen LogP contribution in [0.2, 0.25) is 0 Å². The van der Waals surface area contributed by atoms with Crippen molar-refractivity contribution in [3.8, 4) is 0 Å². The van der Waals surface area contributed by atoms with Crippen LogP contribution in [0.1, 0.15) is 335 Å². The van der Waals surface area contributed by atoms with Crippen LogP contribution in [0.5, 0.6) is 0 Å². The Morgan fingerprint density at radius 2 is 0.606 bits per heavy atom. The minimum absolute atomic E-state index is 0.360. The van der Waals surface area contributed by atoms with E-state index >= 15 is 0 Å². The summed E-state index contributed by atoms with van der Waals surface area (Å²) in [6, 6.07) is -0.796. The molecule has 0 aliphatic heterocycles. The first-order valence-corrected chi connectivity index (χ1v) is 30.2. The Bertz CT molecular complexity index is 982. The standard InChI is InChI=1S/C61H119NO4/c1-3-5-7-9-11-13-15-17-19-21-23-24-25-26-27-28-29-30-31-32-33-34-35-36-37-38-40-42-44-46-48-50-52-54-56-60(65)61(66)62-58(57-63)59(64)55-53-51-49-47-45-43-41-39-22-20-18-16-14-12-10-8-6-4-2/h28-29,53,55,58-60,63-65H,3-27,30-52,54,56-57H2,1-2H3,(H,62,66)/b29-28-,55-53+. The molecule has 0 bridgehead atoms. The van der Waals surface area contributed by atoms with Gasteiger partial charge in [-0.3, -0.25) is 4.79 Å². The molecule has 0 radical (unpaired) electrons. The van der Waals surface area contributed by atoms with Crippen molar-refractivity contribution in [1.29, 1.82) is 0 Å². The molecular formula is C61H119NO4. The first kappa shape index (κ1) is 64.8. The van der Waals surface area contributed by atoms with Crippen molar-refractivity contribution in [2.75, 3.05) is 6.61 Å². The van der Waals surface area contributed by atoms with Gasteiger partial charge >= 0.3 is 0 Å². The molecule has 0 aromatic heterocycles. The summed E-state index contributed by atoms with van der Waals surface area (Å²) in [6.07, 6.45) is 72.8. The van der Waals surface area contributed by atoms with Crippen LogP contribution < -0.4 is 5.32 Å². The predicted molar refractivity (Wildman–Crippen MR) is 292 cm³/mol. The molecule has 3 unspecified atom stereocenters. The lowest BCUT2D eigenvalue weighted by Gasteiger charge is -2.21. The molecule has 392 valence electrons. The predicted octanol–water partition coefficient (Wildman–Crippen LogP) is 18.8. The van der Waals surface area contributed by atoms with Crippen LogP contribution in [0.4, 0.5) is 0 Å². The van der Waals surface area contributed by atoms with E-state index in [0.717, 1.165) is 32.1 Å². The number of carbonyl (C=O) groups is 1. The first-order chi connectivity index (χ1) is 32.6. The van der Waals surface area contributed by atoms with Crippen LogP contribution >= 0.6 is 0 Å². The van der Waals surface area contributed by atoms with E-state index in [4.69, 9.17) is 0 Å². The SMILES string of the molecule is CCCCCCCCCCCCCCCC/C=C\CCCCCCCCCCCCCCCCCCC(O)C(=O)NC(CO)C(O)/C=C/CCCCCCCCCCCCCCCCCC. The number of unbranched alkanes of at least 4 members (excludes halogenated alkanes) is 46. The lowest BCUT2D eigenvalue weighted by Crippen LogP contribution is -2.48. The van der Waals surface area contributed by atoms with E-state index in [0.29, 0.717) is 6.42 Å². The minimum atomic E-state index is -1.10. The Hall–Kier alpha value is -1.17. The smallest absolute Gasteiger partial charge is 0.249 e. The number of aliphatic hydroxyl groups excluding tert-OH is 3. The van der Waals surface area contributed by atoms with Gasteiger partial charge in [0.2, 0.25) is 5.91 Å². The topological polar surface area (TPSA) is 89.8 Å². The number of aliphatic hydroxyl groups is 3. The lowest BCUT2D eigenvalue weighted by molar-refractivity contribution is -0.131. The minimum Gasteiger partial charge on any atom is -0.394 e. The maximum Gasteiger partial charge on any atom is 0.249 e. The number of amides is 1. The Morgan fingerprint density at radius 1 is 0.364 bits per heavy atom. The normalized spacial score (nSPS) is 13.3. The molecule has 0 spiro atoms. The summed E-state index contributed by atoms with van der Waals surface area (Å²) >= 11 is 0. The highest BCUT2D eigenvalue weighted by Crippen LogP contribution is 2.18. The molecule has 0 saturated heterocycles. The highest BCUT2D eigenvalue weighted by atomic mass is 16.3. The number of hydrogen-bond donors (Lipinski definition) is 4. The van der Waals surface area contributed by atoms with Gasteiger partial charge in [-0.05, 0) is 44.9 Å². The van der Waals surface area contributed by atoms with E-state index in [2.05, 4.69) is 31.3 Å². The molecule has 0 fully saturated rings. The summed E-state index contributed by atoms with van der Waals surface area (Å²) in [7, 11) is 0. The second kappa shape index (κ2) is 56.4. The zero-order valence-electron chi connectivity index (χ0n) is 44.9. The third-order valence-corrected chi connectivity index (χ3v) is 14.3. The summed E-state index contributed by atoms with van der Waals surface area (Å²) in [6.45, 7) is 4.22. The quantitative estimate of drug-likeness (QED) is 0.0361. The van der Waals surface area contributed by atoms with E-state index in [1.54, 1.807) is 6.08 Å². The van der Waals surface area contributed by atoms with Crippen LogP contribution in [-0.4, -0.2) is 46.1 Å². The van der Waals surface area contributed by atoms with Gasteiger partial charge in [0.15, 0.2) is 0 Å². The number of nitrogens with one attached hydrogen (secondary N) is 1. The van der Waals surface area contributed by atoms with Crippen molar-refractivity contribution >= 4 is 5.91 Å². The molecule has 0 saturated carbocycles. The number of rotatable bonds is 56. The van der Waals surface area contributed by atoms with E-state index in [1.807, 2.05) is 6.08 Å². The highest BCUT2D eigenvalue weighted by molar-refractivity contribution is 5.80. The van der Waals surface area contributed by atoms with Gasteiger partial charge in [0, 0.05) is 0 Å². The van der Waals surface area contributed by atoms with Gasteiger partial charge in [-0.2, -0.15) is 0 Å². The van der Waals surface area contributed by atoms with Crippen LogP contribution in [-0.2, 0) is 4.79 Å². The van der Waals surface area contributed by atoms with E-state index in [1.165, 1.54) is 283 Å². The zero-order valence-corrected chi connectivity index (χ0v) is 44.9. The molecule has 4 N–H and O–H groups in total. The first-order valence-electron chi connectivity index (χ1n) is 30.2. The van der Waals surface area contributed by atoms with Crippen molar-refractivity contribution in [3.05, 3.63) is 24.3 Å².